The van der Waals surface area contributed by atoms with E-state index in [1.807, 2.05) is 17.1 Å². The highest BCUT2D eigenvalue weighted by atomic mass is 32.2. The van der Waals surface area contributed by atoms with Gasteiger partial charge in [0.15, 0.2) is 0 Å². The Balaban J connectivity index is 1.94. The number of thiazole rings is 1. The molecule has 1 atom stereocenters. The van der Waals surface area contributed by atoms with Crippen molar-refractivity contribution in [3.63, 3.8) is 0 Å². The van der Waals surface area contributed by atoms with Crippen LogP contribution < -0.4 is 0 Å². The molecule has 1 aliphatic rings. The number of nitrogens with zero attached hydrogens (tertiary/aromatic N) is 1. The monoisotopic (exact) mass is 243 g/mol. The molecule has 2 heterocycles. The summed E-state index contributed by atoms with van der Waals surface area (Å²) in [5.74, 6) is 2.26. The molecule has 15 heavy (non-hydrogen) atoms. The van der Waals surface area contributed by atoms with E-state index >= 15 is 0 Å². The first kappa shape index (κ1) is 11.0. The van der Waals surface area contributed by atoms with Crippen molar-refractivity contribution < 1.29 is 9.90 Å². The van der Waals surface area contributed by atoms with Crippen LogP contribution in [0.3, 0.4) is 0 Å². The van der Waals surface area contributed by atoms with E-state index in [-0.39, 0.29) is 6.42 Å². The number of carbonyl (C=O) groups is 1. The third kappa shape index (κ3) is 2.95. The quantitative estimate of drug-likeness (QED) is 0.882. The Bertz CT molecular complexity index is 345. The normalized spacial score (nSPS) is 20.7. The zero-order valence-electron chi connectivity index (χ0n) is 8.31. The Hall–Kier alpha value is -0.550. The Morgan fingerprint density at radius 2 is 2.53 bits per heavy atom. The molecule has 0 radical (unpaired) electrons. The van der Waals surface area contributed by atoms with Gasteiger partial charge in [0.1, 0.15) is 0 Å². The van der Waals surface area contributed by atoms with Gasteiger partial charge in [-0.05, 0) is 12.2 Å². The Morgan fingerprint density at radius 1 is 1.67 bits per heavy atom. The minimum Gasteiger partial charge on any atom is -0.481 e. The van der Waals surface area contributed by atoms with Crippen molar-refractivity contribution in [2.45, 2.75) is 25.2 Å². The molecule has 0 amide bonds. The van der Waals surface area contributed by atoms with Crippen LogP contribution in [0, 0.1) is 0 Å². The van der Waals surface area contributed by atoms with Gasteiger partial charge in [-0.1, -0.05) is 0 Å². The van der Waals surface area contributed by atoms with Crippen molar-refractivity contribution >= 4 is 29.1 Å². The molecule has 0 spiro atoms. The van der Waals surface area contributed by atoms with Crippen molar-refractivity contribution in [3.8, 4) is 0 Å². The second-order valence-corrected chi connectivity index (χ2v) is 5.67. The van der Waals surface area contributed by atoms with Crippen LogP contribution in [0.15, 0.2) is 5.38 Å². The first-order valence-electron chi connectivity index (χ1n) is 4.99. The molecule has 3 nitrogen and oxygen atoms in total. The number of hydrogen-bond donors (Lipinski definition) is 1. The lowest BCUT2D eigenvalue weighted by atomic mass is 10.1. The molecule has 1 N–H and O–H groups in total. The number of carboxylic acids is 1. The van der Waals surface area contributed by atoms with Crippen LogP contribution in [0.2, 0.25) is 0 Å². The van der Waals surface area contributed by atoms with E-state index in [9.17, 15) is 4.79 Å². The molecule has 1 unspecified atom stereocenters. The molecule has 1 aromatic heterocycles. The summed E-state index contributed by atoms with van der Waals surface area (Å²) in [6.07, 6.45) is 1.96. The Morgan fingerprint density at radius 3 is 3.20 bits per heavy atom. The van der Waals surface area contributed by atoms with Gasteiger partial charge in [0.05, 0.1) is 17.1 Å². The van der Waals surface area contributed by atoms with E-state index in [2.05, 4.69) is 4.98 Å². The fourth-order valence-electron chi connectivity index (χ4n) is 1.59. The van der Waals surface area contributed by atoms with E-state index in [1.165, 1.54) is 22.9 Å². The van der Waals surface area contributed by atoms with Crippen LogP contribution in [0.1, 0.15) is 29.5 Å². The van der Waals surface area contributed by atoms with E-state index in [4.69, 9.17) is 5.11 Å². The van der Waals surface area contributed by atoms with Gasteiger partial charge in [-0.2, -0.15) is 11.8 Å². The zero-order chi connectivity index (χ0) is 10.7. The van der Waals surface area contributed by atoms with E-state index in [0.717, 1.165) is 5.69 Å². The number of thioether (sulfide) groups is 1. The summed E-state index contributed by atoms with van der Waals surface area (Å²) in [5, 5.41) is 11.8. The van der Waals surface area contributed by atoms with Gasteiger partial charge >= 0.3 is 5.97 Å². The van der Waals surface area contributed by atoms with Gasteiger partial charge in [-0.15, -0.1) is 11.3 Å². The topological polar surface area (TPSA) is 50.2 Å². The standard InChI is InChI=1S/C10H13NO2S2/c12-9(13)2-1-8-6-15-10(11-8)7-3-4-14-5-7/h6-7H,1-5H2,(H,12,13). The van der Waals surface area contributed by atoms with Gasteiger partial charge < -0.3 is 5.11 Å². The van der Waals surface area contributed by atoms with Crippen LogP contribution >= 0.6 is 23.1 Å². The molecule has 2 rings (SSSR count). The number of aryl methyl sites for hydroxylation is 1. The maximum Gasteiger partial charge on any atom is 0.303 e. The highest BCUT2D eigenvalue weighted by Crippen LogP contribution is 2.33. The lowest BCUT2D eigenvalue weighted by Crippen LogP contribution is -1.99. The molecular formula is C10H13NO2S2. The summed E-state index contributed by atoms with van der Waals surface area (Å²) in [6.45, 7) is 0. The summed E-state index contributed by atoms with van der Waals surface area (Å²) < 4.78 is 0. The molecule has 0 aliphatic carbocycles. The van der Waals surface area contributed by atoms with Crippen LogP contribution in [0.5, 0.6) is 0 Å². The third-order valence-electron chi connectivity index (χ3n) is 2.44. The van der Waals surface area contributed by atoms with E-state index in [1.54, 1.807) is 11.3 Å². The number of aliphatic carboxylic acids is 1. The van der Waals surface area contributed by atoms with Gasteiger partial charge in [0.25, 0.3) is 0 Å². The van der Waals surface area contributed by atoms with Gasteiger partial charge in [-0.3, -0.25) is 4.79 Å². The van der Waals surface area contributed by atoms with E-state index in [0.29, 0.717) is 12.3 Å². The molecule has 1 aromatic rings. The average molecular weight is 243 g/mol. The zero-order valence-corrected chi connectivity index (χ0v) is 9.94. The molecule has 0 bridgehead atoms. The molecule has 0 saturated carbocycles. The van der Waals surface area contributed by atoms with Crippen LogP contribution in [-0.2, 0) is 11.2 Å². The summed E-state index contributed by atoms with van der Waals surface area (Å²) >= 11 is 3.66. The third-order valence-corrected chi connectivity index (χ3v) is 4.66. The van der Waals surface area contributed by atoms with Crippen molar-refractivity contribution in [2.75, 3.05) is 11.5 Å². The van der Waals surface area contributed by atoms with Crippen molar-refractivity contribution in [1.82, 2.24) is 4.98 Å². The van der Waals surface area contributed by atoms with Crippen molar-refractivity contribution in [2.24, 2.45) is 0 Å². The van der Waals surface area contributed by atoms with Crippen LogP contribution in [0.25, 0.3) is 0 Å². The van der Waals surface area contributed by atoms with Crippen molar-refractivity contribution in [1.29, 1.82) is 0 Å². The lowest BCUT2D eigenvalue weighted by molar-refractivity contribution is -0.136. The van der Waals surface area contributed by atoms with E-state index < -0.39 is 5.97 Å². The highest BCUT2D eigenvalue weighted by molar-refractivity contribution is 7.99. The first-order chi connectivity index (χ1) is 7.25. The summed E-state index contributed by atoms with van der Waals surface area (Å²) in [5.41, 5.74) is 0.939. The summed E-state index contributed by atoms with van der Waals surface area (Å²) in [4.78, 5) is 14.9. The smallest absolute Gasteiger partial charge is 0.303 e. The summed E-state index contributed by atoms with van der Waals surface area (Å²) in [7, 11) is 0. The van der Waals surface area contributed by atoms with Gasteiger partial charge in [0, 0.05) is 23.5 Å². The number of aromatic nitrogens is 1. The number of carboxylic acid groups (broad SMARTS) is 1. The maximum absolute atomic E-state index is 10.4. The molecular weight excluding hydrogens is 230 g/mol. The highest BCUT2D eigenvalue weighted by Gasteiger charge is 2.20. The fraction of sp³-hybridized carbons (Fsp3) is 0.600. The predicted octanol–water partition coefficient (Wildman–Crippen LogP) is 2.38. The lowest BCUT2D eigenvalue weighted by Gasteiger charge is -2.01. The molecule has 1 fully saturated rings. The van der Waals surface area contributed by atoms with Crippen molar-refractivity contribution in [3.05, 3.63) is 16.1 Å². The second-order valence-electron chi connectivity index (χ2n) is 3.63. The second kappa shape index (κ2) is 4.99. The number of rotatable bonds is 4. The summed E-state index contributed by atoms with van der Waals surface area (Å²) in [6, 6.07) is 0. The predicted molar refractivity (Wildman–Crippen MR) is 62.8 cm³/mol. The van der Waals surface area contributed by atoms with Crippen LogP contribution in [0.4, 0.5) is 0 Å². The molecule has 82 valence electrons. The maximum atomic E-state index is 10.4. The minimum absolute atomic E-state index is 0.183. The molecule has 1 saturated heterocycles. The SMILES string of the molecule is O=C(O)CCc1csc(C2CCSC2)n1. The van der Waals surface area contributed by atoms with Crippen LogP contribution in [-0.4, -0.2) is 27.6 Å². The Labute approximate surface area is 96.9 Å². The first-order valence-corrected chi connectivity index (χ1v) is 7.03. The average Bonchev–Trinajstić information content (AvgIpc) is 2.85. The molecule has 5 heteroatoms. The minimum atomic E-state index is -0.749. The van der Waals surface area contributed by atoms with Gasteiger partial charge in [-0.25, -0.2) is 4.98 Å². The molecule has 0 aromatic carbocycles. The Kier molecular flexibility index (Phi) is 3.64. The largest absolute Gasteiger partial charge is 0.481 e. The number of hydrogen-bond acceptors (Lipinski definition) is 4. The van der Waals surface area contributed by atoms with Gasteiger partial charge in [0.2, 0.25) is 0 Å². The molecule has 1 aliphatic heterocycles. The fourth-order valence-corrected chi connectivity index (χ4v) is 3.91.